The molecule has 0 nitrogen and oxygen atoms in total. The lowest BCUT2D eigenvalue weighted by atomic mass is 9.75. The van der Waals surface area contributed by atoms with Gasteiger partial charge in [0.05, 0.1) is 0 Å². The number of hydrogen-bond donors (Lipinski definition) is 0. The molecular formula is C18H26. The quantitative estimate of drug-likeness (QED) is 0.691. The van der Waals surface area contributed by atoms with Gasteiger partial charge in [0.1, 0.15) is 0 Å². The van der Waals surface area contributed by atoms with Crippen LogP contribution in [0.2, 0.25) is 0 Å². The van der Waals surface area contributed by atoms with Gasteiger partial charge in [0, 0.05) is 0 Å². The van der Waals surface area contributed by atoms with E-state index in [0.29, 0.717) is 0 Å². The first-order valence-electron chi connectivity index (χ1n) is 7.73. The highest BCUT2D eigenvalue weighted by Crippen LogP contribution is 2.58. The van der Waals surface area contributed by atoms with Crippen LogP contribution in [0.1, 0.15) is 51.5 Å². The van der Waals surface area contributed by atoms with Crippen molar-refractivity contribution in [3.8, 4) is 0 Å². The molecule has 2 aliphatic carbocycles. The van der Waals surface area contributed by atoms with Gasteiger partial charge in [0.25, 0.3) is 0 Å². The van der Waals surface area contributed by atoms with E-state index in [0.717, 1.165) is 35.5 Å². The molecule has 5 atom stereocenters. The molecular weight excluding hydrogens is 216 g/mol. The minimum Gasteiger partial charge on any atom is -0.0625 e. The van der Waals surface area contributed by atoms with Crippen molar-refractivity contribution in [2.24, 2.45) is 29.6 Å². The topological polar surface area (TPSA) is 0 Å². The van der Waals surface area contributed by atoms with E-state index in [1.807, 2.05) is 0 Å². The molecule has 1 aromatic carbocycles. The summed E-state index contributed by atoms with van der Waals surface area (Å²) in [6.07, 6.45) is 4.49. The van der Waals surface area contributed by atoms with Gasteiger partial charge in [0.2, 0.25) is 0 Å². The fourth-order valence-electron chi connectivity index (χ4n) is 5.06. The largest absolute Gasteiger partial charge is 0.0625 e. The number of hydrogen-bond acceptors (Lipinski definition) is 0. The predicted molar refractivity (Wildman–Crippen MR) is 77.5 cm³/mol. The first-order chi connectivity index (χ1) is 8.68. The Kier molecular flexibility index (Phi) is 3.21. The zero-order valence-corrected chi connectivity index (χ0v) is 12.0. The van der Waals surface area contributed by atoms with Crippen LogP contribution in [-0.4, -0.2) is 0 Å². The van der Waals surface area contributed by atoms with Gasteiger partial charge >= 0.3 is 0 Å². The van der Waals surface area contributed by atoms with Crippen LogP contribution in [0.25, 0.3) is 0 Å². The second-order valence-corrected chi connectivity index (χ2v) is 6.92. The maximum Gasteiger partial charge on any atom is -0.0159 e. The van der Waals surface area contributed by atoms with Gasteiger partial charge in [0.15, 0.2) is 0 Å². The van der Waals surface area contributed by atoms with E-state index in [2.05, 4.69) is 51.1 Å². The van der Waals surface area contributed by atoms with Gasteiger partial charge in [-0.3, -0.25) is 0 Å². The zero-order valence-electron chi connectivity index (χ0n) is 12.0. The zero-order chi connectivity index (χ0) is 12.7. The Labute approximate surface area is 112 Å². The summed E-state index contributed by atoms with van der Waals surface area (Å²) in [5.41, 5.74) is 1.55. The normalized spacial score (nSPS) is 36.2. The van der Waals surface area contributed by atoms with Gasteiger partial charge < -0.3 is 0 Å². The Morgan fingerprint density at radius 2 is 1.72 bits per heavy atom. The highest BCUT2D eigenvalue weighted by atomic mass is 14.5. The van der Waals surface area contributed by atoms with Crippen molar-refractivity contribution >= 4 is 0 Å². The fraction of sp³-hybridized carbons (Fsp3) is 0.667. The van der Waals surface area contributed by atoms with Gasteiger partial charge in [-0.05, 0) is 60.3 Å². The van der Waals surface area contributed by atoms with Crippen molar-refractivity contribution in [3.05, 3.63) is 35.9 Å². The molecule has 2 unspecified atom stereocenters. The average molecular weight is 242 g/mol. The second kappa shape index (κ2) is 4.72. The summed E-state index contributed by atoms with van der Waals surface area (Å²) in [4.78, 5) is 0. The van der Waals surface area contributed by atoms with Crippen LogP contribution in [-0.2, 0) is 0 Å². The van der Waals surface area contributed by atoms with Crippen LogP contribution in [0.15, 0.2) is 30.3 Å². The van der Waals surface area contributed by atoms with Crippen LogP contribution in [0.4, 0.5) is 0 Å². The van der Waals surface area contributed by atoms with Gasteiger partial charge in [-0.15, -0.1) is 0 Å². The smallest absolute Gasteiger partial charge is 0.0159 e. The maximum absolute atomic E-state index is 2.46. The van der Waals surface area contributed by atoms with Crippen molar-refractivity contribution < 1.29 is 0 Å². The van der Waals surface area contributed by atoms with Crippen molar-refractivity contribution in [3.63, 3.8) is 0 Å². The van der Waals surface area contributed by atoms with E-state index in [9.17, 15) is 0 Å². The number of rotatable bonds is 3. The molecule has 0 spiro atoms. The summed E-state index contributed by atoms with van der Waals surface area (Å²) < 4.78 is 0. The highest BCUT2D eigenvalue weighted by molar-refractivity contribution is 5.21. The number of fused-ring (bicyclic) bond motifs is 2. The second-order valence-electron chi connectivity index (χ2n) is 6.92. The van der Waals surface area contributed by atoms with Gasteiger partial charge in [-0.25, -0.2) is 0 Å². The Morgan fingerprint density at radius 1 is 1.00 bits per heavy atom. The Hall–Kier alpha value is -0.780. The Bertz CT molecular complexity index is 392. The van der Waals surface area contributed by atoms with Crippen molar-refractivity contribution in [1.82, 2.24) is 0 Å². The van der Waals surface area contributed by atoms with Crippen molar-refractivity contribution in [1.29, 1.82) is 0 Å². The third-order valence-corrected chi connectivity index (χ3v) is 5.77. The first kappa shape index (κ1) is 12.3. The van der Waals surface area contributed by atoms with Crippen molar-refractivity contribution in [2.45, 2.75) is 46.0 Å². The van der Waals surface area contributed by atoms with E-state index in [1.54, 1.807) is 5.56 Å². The summed E-state index contributed by atoms with van der Waals surface area (Å²) in [6.45, 7) is 7.33. The van der Waals surface area contributed by atoms with Crippen LogP contribution < -0.4 is 0 Å². The fourth-order valence-corrected chi connectivity index (χ4v) is 5.06. The molecule has 0 heteroatoms. The Balaban J connectivity index is 1.79. The summed E-state index contributed by atoms with van der Waals surface area (Å²) in [5, 5.41) is 0. The third kappa shape index (κ3) is 1.90. The molecule has 98 valence electrons. The SMILES string of the molecule is CC(C)[C@@H]1C2CCC1[C@@H]([C@@H](C)c1ccccc1)C2. The molecule has 0 aliphatic heterocycles. The molecule has 2 bridgehead atoms. The summed E-state index contributed by atoms with van der Waals surface area (Å²) in [6, 6.07) is 11.2. The molecule has 3 rings (SSSR count). The average Bonchev–Trinajstić information content (AvgIpc) is 2.96. The van der Waals surface area contributed by atoms with Crippen molar-refractivity contribution in [2.75, 3.05) is 0 Å². The van der Waals surface area contributed by atoms with E-state index < -0.39 is 0 Å². The van der Waals surface area contributed by atoms with Crippen LogP contribution in [0.5, 0.6) is 0 Å². The van der Waals surface area contributed by atoms with Crippen LogP contribution in [0, 0.1) is 29.6 Å². The molecule has 0 radical (unpaired) electrons. The Morgan fingerprint density at radius 3 is 2.33 bits per heavy atom. The summed E-state index contributed by atoms with van der Waals surface area (Å²) in [5.74, 6) is 5.63. The third-order valence-electron chi connectivity index (χ3n) is 5.77. The molecule has 1 aromatic rings. The van der Waals surface area contributed by atoms with Gasteiger partial charge in [-0.1, -0.05) is 51.1 Å². The molecule has 18 heavy (non-hydrogen) atoms. The van der Waals surface area contributed by atoms with E-state index in [4.69, 9.17) is 0 Å². The van der Waals surface area contributed by atoms with Crippen LogP contribution in [0.3, 0.4) is 0 Å². The molecule has 0 aromatic heterocycles. The first-order valence-corrected chi connectivity index (χ1v) is 7.73. The van der Waals surface area contributed by atoms with E-state index >= 15 is 0 Å². The highest BCUT2D eigenvalue weighted by Gasteiger charge is 2.50. The summed E-state index contributed by atoms with van der Waals surface area (Å²) >= 11 is 0. The molecule has 0 heterocycles. The predicted octanol–water partition coefficient (Wildman–Crippen LogP) is 5.11. The van der Waals surface area contributed by atoms with Crippen LogP contribution >= 0.6 is 0 Å². The monoisotopic (exact) mass is 242 g/mol. The molecule has 0 N–H and O–H groups in total. The van der Waals surface area contributed by atoms with Gasteiger partial charge in [-0.2, -0.15) is 0 Å². The lowest BCUT2D eigenvalue weighted by Gasteiger charge is -2.29. The molecule has 2 fully saturated rings. The lowest BCUT2D eigenvalue weighted by molar-refractivity contribution is 0.249. The maximum atomic E-state index is 2.46. The molecule has 0 saturated heterocycles. The molecule has 2 aliphatic rings. The minimum absolute atomic E-state index is 0.753. The van der Waals surface area contributed by atoms with E-state index in [1.165, 1.54) is 19.3 Å². The lowest BCUT2D eigenvalue weighted by Crippen LogP contribution is -2.20. The standard InChI is InChI=1S/C18H26/c1-12(2)18-15-9-10-16(18)17(11-15)13(3)14-7-5-4-6-8-14/h4-8,12-13,15-18H,9-11H2,1-3H3/t13-,15?,16?,17+,18+/m0/s1. The van der Waals surface area contributed by atoms with E-state index in [-0.39, 0.29) is 0 Å². The number of benzene rings is 1. The summed E-state index contributed by atoms with van der Waals surface area (Å²) in [7, 11) is 0. The molecule has 2 saturated carbocycles. The molecule has 0 amide bonds. The minimum atomic E-state index is 0.753.